The second-order valence-electron chi connectivity index (χ2n) is 6.09. The summed E-state index contributed by atoms with van der Waals surface area (Å²) in [5.41, 5.74) is 1.20. The molecular weight excluding hydrogens is 286 g/mol. The molecule has 0 fully saturated rings. The van der Waals surface area contributed by atoms with Gasteiger partial charge in [-0.25, -0.2) is 8.42 Å². The molecule has 4 nitrogen and oxygen atoms in total. The van der Waals surface area contributed by atoms with Crippen LogP contribution in [0.1, 0.15) is 49.5 Å². The van der Waals surface area contributed by atoms with Crippen molar-refractivity contribution in [2.75, 3.05) is 6.26 Å². The summed E-state index contributed by atoms with van der Waals surface area (Å²) < 4.78 is 23.2. The van der Waals surface area contributed by atoms with Crippen LogP contribution in [-0.2, 0) is 9.84 Å². The van der Waals surface area contributed by atoms with Crippen LogP contribution in [-0.4, -0.2) is 26.6 Å². The van der Waals surface area contributed by atoms with E-state index in [1.54, 1.807) is 13.0 Å². The Labute approximate surface area is 127 Å². The maximum Gasteiger partial charge on any atom is 0.251 e. The van der Waals surface area contributed by atoms with Gasteiger partial charge in [0.2, 0.25) is 0 Å². The summed E-state index contributed by atoms with van der Waals surface area (Å²) in [5.74, 6) is 0.383. The lowest BCUT2D eigenvalue weighted by molar-refractivity contribution is 0.0936. The molecule has 118 valence electrons. The lowest BCUT2D eigenvalue weighted by Crippen LogP contribution is -2.33. The number of amides is 1. The number of rotatable bonds is 6. The summed E-state index contributed by atoms with van der Waals surface area (Å²) in [6.07, 6.45) is 3.10. The topological polar surface area (TPSA) is 63.2 Å². The third-order valence-corrected chi connectivity index (χ3v) is 4.55. The second kappa shape index (κ2) is 7.07. The van der Waals surface area contributed by atoms with Crippen LogP contribution in [0.25, 0.3) is 0 Å². The molecule has 0 bridgehead atoms. The van der Waals surface area contributed by atoms with Crippen molar-refractivity contribution in [2.45, 2.75) is 51.5 Å². The van der Waals surface area contributed by atoms with Crippen molar-refractivity contribution in [3.05, 3.63) is 29.3 Å². The Hall–Kier alpha value is -1.36. The number of benzene rings is 1. The molecule has 0 spiro atoms. The fourth-order valence-corrected chi connectivity index (χ4v) is 2.68. The Balaban J connectivity index is 2.87. The first-order chi connectivity index (χ1) is 9.61. The van der Waals surface area contributed by atoms with Crippen molar-refractivity contribution in [2.24, 2.45) is 5.92 Å². The van der Waals surface area contributed by atoms with Crippen LogP contribution in [0.2, 0.25) is 0 Å². The second-order valence-corrected chi connectivity index (χ2v) is 8.11. The molecule has 1 N–H and O–H groups in total. The smallest absolute Gasteiger partial charge is 0.251 e. The number of sulfone groups is 1. The monoisotopic (exact) mass is 311 g/mol. The molecule has 1 aromatic rings. The maximum atomic E-state index is 12.3. The molecule has 1 amide bonds. The van der Waals surface area contributed by atoms with E-state index in [0.717, 1.165) is 24.7 Å². The van der Waals surface area contributed by atoms with Crippen molar-refractivity contribution in [3.63, 3.8) is 0 Å². The minimum absolute atomic E-state index is 0.0705. The predicted molar refractivity (Wildman–Crippen MR) is 85.3 cm³/mol. The Kier molecular flexibility index (Phi) is 5.96. The maximum absolute atomic E-state index is 12.3. The molecule has 0 aliphatic rings. The van der Waals surface area contributed by atoms with Crippen molar-refractivity contribution in [3.8, 4) is 0 Å². The zero-order valence-corrected chi connectivity index (χ0v) is 14.3. The molecule has 0 saturated heterocycles. The molecule has 0 aromatic heterocycles. The van der Waals surface area contributed by atoms with E-state index in [0.29, 0.717) is 11.5 Å². The average molecular weight is 311 g/mol. The molecule has 1 rings (SSSR count). The van der Waals surface area contributed by atoms with Crippen LogP contribution in [0.3, 0.4) is 0 Å². The lowest BCUT2D eigenvalue weighted by atomic mass is 10.0. The Morgan fingerprint density at radius 2 is 1.81 bits per heavy atom. The van der Waals surface area contributed by atoms with Gasteiger partial charge in [0.05, 0.1) is 4.90 Å². The van der Waals surface area contributed by atoms with Gasteiger partial charge in [-0.15, -0.1) is 0 Å². The predicted octanol–water partition coefficient (Wildman–Crippen LogP) is 2.95. The SMILES string of the molecule is Cc1ccc(S(C)(=O)=O)cc1C(=O)NC(C)CCC(C)C. The number of carbonyl (C=O) groups is 1. The number of nitrogens with one attached hydrogen (secondary N) is 1. The Morgan fingerprint density at radius 3 is 2.33 bits per heavy atom. The summed E-state index contributed by atoms with van der Waals surface area (Å²) in [5, 5.41) is 2.94. The van der Waals surface area contributed by atoms with E-state index in [2.05, 4.69) is 19.2 Å². The van der Waals surface area contributed by atoms with Gasteiger partial charge in [-0.05, 0) is 50.3 Å². The van der Waals surface area contributed by atoms with Crippen molar-refractivity contribution in [1.29, 1.82) is 0 Å². The highest BCUT2D eigenvalue weighted by Gasteiger charge is 2.16. The van der Waals surface area contributed by atoms with E-state index in [1.807, 2.05) is 6.92 Å². The van der Waals surface area contributed by atoms with Crippen LogP contribution in [0.5, 0.6) is 0 Å². The lowest BCUT2D eigenvalue weighted by Gasteiger charge is -2.16. The van der Waals surface area contributed by atoms with E-state index < -0.39 is 9.84 Å². The molecule has 5 heteroatoms. The summed E-state index contributed by atoms with van der Waals surface area (Å²) in [4.78, 5) is 12.5. The standard InChI is InChI=1S/C16H25NO3S/c1-11(2)6-8-13(4)17-16(18)15-10-14(21(5,19)20)9-7-12(15)3/h7,9-11,13H,6,8H2,1-5H3,(H,17,18). The number of hydrogen-bond acceptors (Lipinski definition) is 3. The fraction of sp³-hybridized carbons (Fsp3) is 0.562. The first-order valence-electron chi connectivity index (χ1n) is 7.23. The number of aryl methyl sites for hydroxylation is 1. The van der Waals surface area contributed by atoms with Gasteiger partial charge in [0.25, 0.3) is 5.91 Å². The fourth-order valence-electron chi connectivity index (χ4n) is 2.03. The summed E-state index contributed by atoms with van der Waals surface area (Å²) in [7, 11) is -3.31. The van der Waals surface area contributed by atoms with Gasteiger partial charge in [0, 0.05) is 17.9 Å². The van der Waals surface area contributed by atoms with Gasteiger partial charge in [0.15, 0.2) is 9.84 Å². The Morgan fingerprint density at radius 1 is 1.19 bits per heavy atom. The summed E-state index contributed by atoms with van der Waals surface area (Å²) in [6.45, 7) is 8.07. The van der Waals surface area contributed by atoms with Gasteiger partial charge in [0.1, 0.15) is 0 Å². The Bertz CT molecular complexity index is 606. The highest BCUT2D eigenvalue weighted by molar-refractivity contribution is 7.90. The molecule has 1 aromatic carbocycles. The average Bonchev–Trinajstić information content (AvgIpc) is 2.35. The van der Waals surface area contributed by atoms with Crippen LogP contribution in [0.4, 0.5) is 0 Å². The summed E-state index contributed by atoms with van der Waals surface area (Å²) >= 11 is 0. The van der Waals surface area contributed by atoms with Crippen LogP contribution >= 0.6 is 0 Å². The first kappa shape index (κ1) is 17.7. The van der Waals surface area contributed by atoms with E-state index in [-0.39, 0.29) is 16.8 Å². The number of hydrogen-bond donors (Lipinski definition) is 1. The van der Waals surface area contributed by atoms with Crippen molar-refractivity contribution < 1.29 is 13.2 Å². The molecular formula is C16H25NO3S. The van der Waals surface area contributed by atoms with Crippen LogP contribution < -0.4 is 5.32 Å². The van der Waals surface area contributed by atoms with Gasteiger partial charge >= 0.3 is 0 Å². The van der Waals surface area contributed by atoms with Crippen LogP contribution in [0.15, 0.2) is 23.1 Å². The van der Waals surface area contributed by atoms with E-state index in [1.165, 1.54) is 12.1 Å². The van der Waals surface area contributed by atoms with Crippen molar-refractivity contribution in [1.82, 2.24) is 5.32 Å². The molecule has 1 unspecified atom stereocenters. The van der Waals surface area contributed by atoms with E-state index >= 15 is 0 Å². The molecule has 0 aliphatic heterocycles. The molecule has 1 atom stereocenters. The minimum atomic E-state index is -3.31. The minimum Gasteiger partial charge on any atom is -0.350 e. The number of carbonyl (C=O) groups excluding carboxylic acids is 1. The quantitative estimate of drug-likeness (QED) is 0.878. The van der Waals surface area contributed by atoms with E-state index in [4.69, 9.17) is 0 Å². The van der Waals surface area contributed by atoms with Gasteiger partial charge < -0.3 is 5.32 Å². The van der Waals surface area contributed by atoms with Gasteiger partial charge in [-0.2, -0.15) is 0 Å². The van der Waals surface area contributed by atoms with Crippen molar-refractivity contribution >= 4 is 15.7 Å². The molecule has 0 radical (unpaired) electrons. The van der Waals surface area contributed by atoms with Gasteiger partial charge in [-0.3, -0.25) is 4.79 Å². The van der Waals surface area contributed by atoms with Gasteiger partial charge in [-0.1, -0.05) is 19.9 Å². The highest BCUT2D eigenvalue weighted by Crippen LogP contribution is 2.16. The molecule has 0 heterocycles. The largest absolute Gasteiger partial charge is 0.350 e. The van der Waals surface area contributed by atoms with E-state index in [9.17, 15) is 13.2 Å². The third kappa shape index (κ3) is 5.50. The molecule has 21 heavy (non-hydrogen) atoms. The zero-order chi connectivity index (χ0) is 16.2. The highest BCUT2D eigenvalue weighted by atomic mass is 32.2. The zero-order valence-electron chi connectivity index (χ0n) is 13.4. The summed E-state index contributed by atoms with van der Waals surface area (Å²) in [6, 6.07) is 4.73. The molecule has 0 aliphatic carbocycles. The van der Waals surface area contributed by atoms with Crippen LogP contribution in [0, 0.1) is 12.8 Å². The molecule has 0 saturated carbocycles. The first-order valence-corrected chi connectivity index (χ1v) is 9.12. The third-order valence-electron chi connectivity index (χ3n) is 3.44. The normalized spacial score (nSPS) is 13.2.